The van der Waals surface area contributed by atoms with Gasteiger partial charge in [0, 0.05) is 25.7 Å². The summed E-state index contributed by atoms with van der Waals surface area (Å²) in [7, 11) is 1.62. The largest absolute Gasteiger partial charge is 0.463 e. The fourth-order valence-electron chi connectivity index (χ4n) is 2.71. The van der Waals surface area contributed by atoms with Gasteiger partial charge in [0.25, 0.3) is 5.91 Å². The first-order chi connectivity index (χ1) is 13.4. The minimum atomic E-state index is -1.18. The fourth-order valence-corrected chi connectivity index (χ4v) is 2.71. The molecule has 1 aromatic carbocycles. The zero-order valence-corrected chi connectivity index (χ0v) is 17.0. The highest BCUT2D eigenvalue weighted by molar-refractivity contribution is 5.94. The number of rotatable bonds is 8. The molecular weight excluding hydrogens is 356 g/mol. The SMILES string of the molecule is CCNC(=NCC(C)(O)c1ccc(C)o1)NCCc1cccc(C(=O)NC)c1. The fraction of sp³-hybridized carbons (Fsp3) is 0.429. The molecule has 0 saturated heterocycles. The highest BCUT2D eigenvalue weighted by atomic mass is 16.4. The molecule has 0 radical (unpaired) electrons. The van der Waals surface area contributed by atoms with E-state index >= 15 is 0 Å². The molecule has 1 amide bonds. The number of aliphatic imine (C=N–C) groups is 1. The van der Waals surface area contributed by atoms with Gasteiger partial charge in [0.1, 0.15) is 17.1 Å². The molecule has 1 unspecified atom stereocenters. The summed E-state index contributed by atoms with van der Waals surface area (Å²) in [6.07, 6.45) is 0.739. The molecule has 0 aliphatic heterocycles. The van der Waals surface area contributed by atoms with Crippen molar-refractivity contribution in [1.82, 2.24) is 16.0 Å². The van der Waals surface area contributed by atoms with Crippen LogP contribution in [-0.4, -0.2) is 43.7 Å². The molecule has 0 saturated carbocycles. The zero-order valence-electron chi connectivity index (χ0n) is 17.0. The van der Waals surface area contributed by atoms with Crippen LogP contribution in [0.1, 0.15) is 41.3 Å². The molecule has 7 nitrogen and oxygen atoms in total. The first-order valence-electron chi connectivity index (χ1n) is 9.48. The van der Waals surface area contributed by atoms with E-state index in [-0.39, 0.29) is 12.5 Å². The number of guanidine groups is 1. The van der Waals surface area contributed by atoms with E-state index < -0.39 is 5.60 Å². The summed E-state index contributed by atoms with van der Waals surface area (Å²) in [5.41, 5.74) is 0.520. The van der Waals surface area contributed by atoms with Gasteiger partial charge in [-0.2, -0.15) is 0 Å². The van der Waals surface area contributed by atoms with Crippen molar-refractivity contribution >= 4 is 11.9 Å². The monoisotopic (exact) mass is 386 g/mol. The van der Waals surface area contributed by atoms with Gasteiger partial charge in [0.2, 0.25) is 0 Å². The number of aryl methyl sites for hydroxylation is 1. The van der Waals surface area contributed by atoms with E-state index in [1.807, 2.05) is 38.1 Å². The standard InChI is InChI=1S/C21H30N4O3/c1-5-23-20(25-14-21(3,27)18-10-9-15(2)28-18)24-12-11-16-7-6-8-17(13-16)19(26)22-4/h6-10,13,27H,5,11-12,14H2,1-4H3,(H,22,26)(H2,23,24,25). The predicted molar refractivity (Wildman–Crippen MR) is 111 cm³/mol. The Bertz CT molecular complexity index is 811. The maximum atomic E-state index is 11.7. The summed E-state index contributed by atoms with van der Waals surface area (Å²) >= 11 is 0. The topological polar surface area (TPSA) is 98.9 Å². The number of benzene rings is 1. The van der Waals surface area contributed by atoms with Gasteiger partial charge < -0.3 is 25.5 Å². The third kappa shape index (κ3) is 6.13. The average Bonchev–Trinajstić information content (AvgIpc) is 3.13. The van der Waals surface area contributed by atoms with Gasteiger partial charge in [0.15, 0.2) is 5.96 Å². The number of hydrogen-bond acceptors (Lipinski definition) is 4. The summed E-state index contributed by atoms with van der Waals surface area (Å²) in [5.74, 6) is 1.77. The Labute approximate surface area is 166 Å². The molecule has 28 heavy (non-hydrogen) atoms. The molecule has 1 heterocycles. The summed E-state index contributed by atoms with van der Waals surface area (Å²) in [5, 5.41) is 19.7. The maximum Gasteiger partial charge on any atom is 0.251 e. The van der Waals surface area contributed by atoms with Crippen LogP contribution in [0.2, 0.25) is 0 Å². The third-order valence-electron chi connectivity index (χ3n) is 4.28. The first kappa shape index (κ1) is 21.5. The normalized spacial score (nSPS) is 13.7. The lowest BCUT2D eigenvalue weighted by molar-refractivity contribution is 0.0428. The number of aliphatic hydroxyl groups is 1. The Hall–Kier alpha value is -2.80. The Kier molecular flexibility index (Phi) is 7.63. The number of nitrogens with one attached hydrogen (secondary N) is 3. The number of amides is 1. The summed E-state index contributed by atoms with van der Waals surface area (Å²) in [6, 6.07) is 11.1. The van der Waals surface area contributed by atoms with Crippen molar-refractivity contribution in [2.45, 2.75) is 32.8 Å². The molecule has 152 valence electrons. The summed E-state index contributed by atoms with van der Waals surface area (Å²) in [6.45, 7) is 7.03. The second-order valence-corrected chi connectivity index (χ2v) is 6.84. The van der Waals surface area contributed by atoms with Crippen LogP contribution in [0.25, 0.3) is 0 Å². The van der Waals surface area contributed by atoms with Crippen LogP contribution in [-0.2, 0) is 12.0 Å². The molecule has 1 aromatic heterocycles. The quantitative estimate of drug-likeness (QED) is 0.411. The molecule has 0 spiro atoms. The van der Waals surface area contributed by atoms with Crippen LogP contribution >= 0.6 is 0 Å². The maximum absolute atomic E-state index is 11.7. The van der Waals surface area contributed by atoms with Crippen molar-refractivity contribution in [2.24, 2.45) is 4.99 Å². The van der Waals surface area contributed by atoms with Gasteiger partial charge in [-0.15, -0.1) is 0 Å². The van der Waals surface area contributed by atoms with E-state index in [1.165, 1.54) is 0 Å². The van der Waals surface area contributed by atoms with Crippen LogP contribution in [0, 0.1) is 6.92 Å². The molecule has 0 bridgehead atoms. The molecule has 2 rings (SSSR count). The zero-order chi connectivity index (χ0) is 20.6. The van der Waals surface area contributed by atoms with Crippen LogP contribution in [0.5, 0.6) is 0 Å². The second kappa shape index (κ2) is 9.94. The Morgan fingerprint density at radius 1 is 1.25 bits per heavy atom. The Morgan fingerprint density at radius 2 is 2.04 bits per heavy atom. The van der Waals surface area contributed by atoms with E-state index in [1.54, 1.807) is 26.1 Å². The number of furan rings is 1. The molecule has 0 aliphatic carbocycles. The van der Waals surface area contributed by atoms with Crippen molar-refractivity contribution in [3.05, 3.63) is 59.0 Å². The predicted octanol–water partition coefficient (Wildman–Crippen LogP) is 1.95. The molecule has 7 heteroatoms. The molecule has 0 fully saturated rings. The first-order valence-corrected chi connectivity index (χ1v) is 9.48. The number of carbonyl (C=O) groups is 1. The van der Waals surface area contributed by atoms with E-state index in [2.05, 4.69) is 20.9 Å². The van der Waals surface area contributed by atoms with Crippen LogP contribution in [0.3, 0.4) is 0 Å². The van der Waals surface area contributed by atoms with E-state index in [0.29, 0.717) is 30.4 Å². The van der Waals surface area contributed by atoms with Gasteiger partial charge in [-0.3, -0.25) is 4.79 Å². The lowest BCUT2D eigenvalue weighted by Gasteiger charge is -2.19. The molecule has 4 N–H and O–H groups in total. The van der Waals surface area contributed by atoms with Gasteiger partial charge in [0.05, 0.1) is 6.54 Å². The molecule has 1 atom stereocenters. The number of carbonyl (C=O) groups excluding carboxylic acids is 1. The van der Waals surface area contributed by atoms with Crippen molar-refractivity contribution in [1.29, 1.82) is 0 Å². The highest BCUT2D eigenvalue weighted by Gasteiger charge is 2.26. The molecule has 2 aromatic rings. The highest BCUT2D eigenvalue weighted by Crippen LogP contribution is 2.23. The Morgan fingerprint density at radius 3 is 2.68 bits per heavy atom. The molecule has 0 aliphatic rings. The number of nitrogens with zero attached hydrogens (tertiary/aromatic N) is 1. The lowest BCUT2D eigenvalue weighted by atomic mass is 10.0. The van der Waals surface area contributed by atoms with Gasteiger partial charge in [-0.25, -0.2) is 4.99 Å². The van der Waals surface area contributed by atoms with Gasteiger partial charge >= 0.3 is 0 Å². The molecular formula is C21H30N4O3. The minimum Gasteiger partial charge on any atom is -0.463 e. The van der Waals surface area contributed by atoms with Crippen molar-refractivity contribution < 1.29 is 14.3 Å². The summed E-state index contributed by atoms with van der Waals surface area (Å²) < 4.78 is 5.53. The Balaban J connectivity index is 1.95. The van der Waals surface area contributed by atoms with E-state index in [0.717, 1.165) is 17.7 Å². The third-order valence-corrected chi connectivity index (χ3v) is 4.28. The smallest absolute Gasteiger partial charge is 0.251 e. The van der Waals surface area contributed by atoms with E-state index in [9.17, 15) is 9.90 Å². The summed E-state index contributed by atoms with van der Waals surface area (Å²) in [4.78, 5) is 16.2. The van der Waals surface area contributed by atoms with Crippen LogP contribution in [0.4, 0.5) is 0 Å². The van der Waals surface area contributed by atoms with Gasteiger partial charge in [-0.1, -0.05) is 12.1 Å². The van der Waals surface area contributed by atoms with Crippen molar-refractivity contribution in [2.75, 3.05) is 26.7 Å². The lowest BCUT2D eigenvalue weighted by Crippen LogP contribution is -2.39. The van der Waals surface area contributed by atoms with Crippen molar-refractivity contribution in [3.8, 4) is 0 Å². The van der Waals surface area contributed by atoms with Crippen LogP contribution < -0.4 is 16.0 Å². The van der Waals surface area contributed by atoms with Crippen molar-refractivity contribution in [3.63, 3.8) is 0 Å². The minimum absolute atomic E-state index is 0.0971. The number of hydrogen-bond donors (Lipinski definition) is 4. The van der Waals surface area contributed by atoms with Crippen LogP contribution in [0.15, 0.2) is 45.8 Å². The van der Waals surface area contributed by atoms with Gasteiger partial charge in [-0.05, 0) is 57.0 Å². The van der Waals surface area contributed by atoms with E-state index in [4.69, 9.17) is 4.42 Å². The average molecular weight is 386 g/mol. The second-order valence-electron chi connectivity index (χ2n) is 6.84.